The van der Waals surface area contributed by atoms with E-state index < -0.39 is 0 Å². The van der Waals surface area contributed by atoms with Gasteiger partial charge in [0.25, 0.3) is 5.91 Å². The second-order valence-corrected chi connectivity index (χ2v) is 8.20. The van der Waals surface area contributed by atoms with Crippen LogP contribution in [-0.2, 0) is 11.3 Å². The molecule has 1 saturated heterocycles. The van der Waals surface area contributed by atoms with Crippen molar-refractivity contribution in [2.45, 2.75) is 44.8 Å². The Morgan fingerprint density at radius 3 is 2.71 bits per heavy atom. The van der Waals surface area contributed by atoms with Crippen LogP contribution in [0.1, 0.15) is 48.0 Å². The Kier molecular flexibility index (Phi) is 6.97. The number of carbonyl (C=O) groups is 2. The minimum absolute atomic E-state index is 0.0593. The molecule has 6 heteroatoms. The van der Waals surface area contributed by atoms with Crippen LogP contribution in [0.15, 0.2) is 60.9 Å². The number of hydrogen-bond acceptors (Lipinski definition) is 4. The molecule has 1 atom stereocenters. The van der Waals surface area contributed by atoms with E-state index in [0.717, 1.165) is 50.8 Å². The van der Waals surface area contributed by atoms with Gasteiger partial charge in [-0.2, -0.15) is 0 Å². The SMILES string of the molecule is O=C(NCc1cccnc1)c1cccc(OC2CCN(C(=O)C3CC=CCC3)CC2)c1. The Morgan fingerprint density at radius 1 is 1.10 bits per heavy atom. The summed E-state index contributed by atoms with van der Waals surface area (Å²) in [7, 11) is 0. The Morgan fingerprint density at radius 2 is 1.97 bits per heavy atom. The Balaban J connectivity index is 1.27. The second-order valence-electron chi connectivity index (χ2n) is 8.20. The molecule has 1 unspecified atom stereocenters. The van der Waals surface area contributed by atoms with Gasteiger partial charge in [0.05, 0.1) is 0 Å². The van der Waals surface area contributed by atoms with Gasteiger partial charge in [0.1, 0.15) is 11.9 Å². The van der Waals surface area contributed by atoms with Gasteiger partial charge in [-0.05, 0) is 49.1 Å². The largest absolute Gasteiger partial charge is 0.490 e. The molecule has 1 N–H and O–H groups in total. The lowest BCUT2D eigenvalue weighted by molar-refractivity contribution is -0.137. The summed E-state index contributed by atoms with van der Waals surface area (Å²) in [6.07, 6.45) is 12.2. The molecule has 0 saturated carbocycles. The van der Waals surface area contributed by atoms with E-state index in [4.69, 9.17) is 4.74 Å². The number of nitrogens with zero attached hydrogens (tertiary/aromatic N) is 2. The first-order valence-corrected chi connectivity index (χ1v) is 11.1. The van der Waals surface area contributed by atoms with E-state index in [9.17, 15) is 9.59 Å². The quantitative estimate of drug-likeness (QED) is 0.724. The van der Waals surface area contributed by atoms with E-state index in [1.165, 1.54) is 0 Å². The summed E-state index contributed by atoms with van der Waals surface area (Å²) in [4.78, 5) is 31.2. The van der Waals surface area contributed by atoms with E-state index in [0.29, 0.717) is 17.9 Å². The van der Waals surface area contributed by atoms with Crippen LogP contribution < -0.4 is 10.1 Å². The topological polar surface area (TPSA) is 71.5 Å². The van der Waals surface area contributed by atoms with Gasteiger partial charge in [-0.25, -0.2) is 0 Å². The minimum atomic E-state index is -0.142. The van der Waals surface area contributed by atoms with Gasteiger partial charge in [0.15, 0.2) is 0 Å². The van der Waals surface area contributed by atoms with Crippen molar-refractivity contribution in [2.24, 2.45) is 5.92 Å². The molecule has 1 aliphatic heterocycles. The van der Waals surface area contributed by atoms with Crippen molar-refractivity contribution in [3.05, 3.63) is 72.1 Å². The molecule has 2 amide bonds. The van der Waals surface area contributed by atoms with Crippen molar-refractivity contribution in [1.29, 1.82) is 0 Å². The molecule has 2 heterocycles. The molecule has 1 aromatic carbocycles. The number of pyridine rings is 1. The minimum Gasteiger partial charge on any atom is -0.490 e. The maximum atomic E-state index is 12.7. The molecule has 0 bridgehead atoms. The summed E-state index contributed by atoms with van der Waals surface area (Å²) in [6.45, 7) is 1.89. The van der Waals surface area contributed by atoms with Crippen LogP contribution in [0.25, 0.3) is 0 Å². The normalized spacial score (nSPS) is 19.1. The zero-order valence-corrected chi connectivity index (χ0v) is 17.7. The van der Waals surface area contributed by atoms with Crippen molar-refractivity contribution in [2.75, 3.05) is 13.1 Å². The number of piperidine rings is 1. The summed E-state index contributed by atoms with van der Waals surface area (Å²) in [5, 5.41) is 2.91. The van der Waals surface area contributed by atoms with E-state index in [1.807, 2.05) is 29.2 Å². The molecule has 31 heavy (non-hydrogen) atoms. The van der Waals surface area contributed by atoms with Crippen molar-refractivity contribution >= 4 is 11.8 Å². The first-order valence-electron chi connectivity index (χ1n) is 11.1. The summed E-state index contributed by atoms with van der Waals surface area (Å²) in [5.41, 5.74) is 1.52. The van der Waals surface area contributed by atoms with Gasteiger partial charge < -0.3 is 15.0 Å². The van der Waals surface area contributed by atoms with Gasteiger partial charge in [0.2, 0.25) is 5.91 Å². The molecule has 2 aromatic rings. The fourth-order valence-corrected chi connectivity index (χ4v) is 4.16. The fourth-order valence-electron chi connectivity index (χ4n) is 4.16. The second kappa shape index (κ2) is 10.2. The Labute approximate surface area is 183 Å². The van der Waals surface area contributed by atoms with Crippen molar-refractivity contribution in [3.8, 4) is 5.75 Å². The zero-order chi connectivity index (χ0) is 21.5. The first kappa shape index (κ1) is 21.1. The highest BCUT2D eigenvalue weighted by Crippen LogP contribution is 2.25. The zero-order valence-electron chi connectivity index (χ0n) is 17.7. The van der Waals surface area contributed by atoms with Gasteiger partial charge in [-0.15, -0.1) is 0 Å². The smallest absolute Gasteiger partial charge is 0.251 e. The third-order valence-corrected chi connectivity index (χ3v) is 5.95. The molecule has 0 radical (unpaired) electrons. The lowest BCUT2D eigenvalue weighted by Crippen LogP contribution is -2.44. The van der Waals surface area contributed by atoms with Gasteiger partial charge in [0, 0.05) is 56.4 Å². The molecular weight excluding hydrogens is 390 g/mol. The molecule has 1 aliphatic carbocycles. The summed E-state index contributed by atoms with van der Waals surface area (Å²) >= 11 is 0. The third kappa shape index (κ3) is 5.72. The van der Waals surface area contributed by atoms with E-state index in [1.54, 1.807) is 24.5 Å². The molecule has 2 aliphatic rings. The van der Waals surface area contributed by atoms with Crippen molar-refractivity contribution in [3.63, 3.8) is 0 Å². The van der Waals surface area contributed by atoms with Gasteiger partial charge in [-0.1, -0.05) is 24.3 Å². The standard InChI is InChI=1S/C25H29N3O3/c29-24(27-18-19-6-5-13-26-17-19)21-9-4-10-23(16-21)31-22-11-14-28(15-12-22)25(30)20-7-2-1-3-8-20/h1-2,4-6,9-10,13,16-17,20,22H,3,7-8,11-12,14-15,18H2,(H,27,29). The number of amides is 2. The van der Waals surface area contributed by atoms with Crippen LogP contribution in [-0.4, -0.2) is 40.9 Å². The number of carbonyl (C=O) groups excluding carboxylic acids is 2. The molecule has 0 spiro atoms. The maximum Gasteiger partial charge on any atom is 0.251 e. The Bertz CT molecular complexity index is 921. The van der Waals surface area contributed by atoms with Crippen LogP contribution in [0.3, 0.4) is 0 Å². The van der Waals surface area contributed by atoms with Gasteiger partial charge >= 0.3 is 0 Å². The number of hydrogen-bond donors (Lipinski definition) is 1. The van der Waals surface area contributed by atoms with E-state index >= 15 is 0 Å². The lowest BCUT2D eigenvalue weighted by Gasteiger charge is -2.34. The fraction of sp³-hybridized carbons (Fsp3) is 0.400. The summed E-state index contributed by atoms with van der Waals surface area (Å²) in [5.74, 6) is 0.979. The lowest BCUT2D eigenvalue weighted by atomic mass is 9.92. The van der Waals surface area contributed by atoms with Crippen molar-refractivity contribution in [1.82, 2.24) is 15.2 Å². The average molecular weight is 420 g/mol. The number of benzene rings is 1. The van der Waals surface area contributed by atoms with E-state index in [2.05, 4.69) is 22.5 Å². The number of allylic oxidation sites excluding steroid dienone is 2. The number of ether oxygens (including phenoxy) is 1. The molecular formula is C25H29N3O3. The van der Waals surface area contributed by atoms with Crippen LogP contribution in [0.2, 0.25) is 0 Å². The number of rotatable bonds is 6. The summed E-state index contributed by atoms with van der Waals surface area (Å²) in [6, 6.07) is 11.1. The molecule has 1 aromatic heterocycles. The highest BCUT2D eigenvalue weighted by molar-refractivity contribution is 5.94. The van der Waals surface area contributed by atoms with Crippen LogP contribution >= 0.6 is 0 Å². The molecule has 6 nitrogen and oxygen atoms in total. The number of likely N-dealkylation sites (tertiary alicyclic amines) is 1. The highest BCUT2D eigenvalue weighted by Gasteiger charge is 2.28. The monoisotopic (exact) mass is 419 g/mol. The molecule has 4 rings (SSSR count). The third-order valence-electron chi connectivity index (χ3n) is 5.95. The Hall–Kier alpha value is -3.15. The van der Waals surface area contributed by atoms with Crippen LogP contribution in [0.4, 0.5) is 0 Å². The number of nitrogens with one attached hydrogen (secondary N) is 1. The van der Waals surface area contributed by atoms with Crippen LogP contribution in [0.5, 0.6) is 5.75 Å². The predicted octanol–water partition coefficient (Wildman–Crippen LogP) is 3.74. The van der Waals surface area contributed by atoms with Crippen LogP contribution in [0, 0.1) is 5.92 Å². The predicted molar refractivity (Wildman–Crippen MR) is 119 cm³/mol. The van der Waals surface area contributed by atoms with Gasteiger partial charge in [-0.3, -0.25) is 14.6 Å². The first-order chi connectivity index (χ1) is 15.2. The van der Waals surface area contributed by atoms with E-state index in [-0.39, 0.29) is 23.8 Å². The average Bonchev–Trinajstić information content (AvgIpc) is 2.84. The summed E-state index contributed by atoms with van der Waals surface area (Å²) < 4.78 is 6.14. The highest BCUT2D eigenvalue weighted by atomic mass is 16.5. The number of aromatic nitrogens is 1. The maximum absolute atomic E-state index is 12.7. The molecule has 1 fully saturated rings. The molecule has 162 valence electrons. The van der Waals surface area contributed by atoms with Crippen molar-refractivity contribution < 1.29 is 14.3 Å².